The Balaban J connectivity index is 4.81. The lowest BCUT2D eigenvalue weighted by Gasteiger charge is -2.42. The number of nitrogens with zero attached hydrogens (tertiary/aromatic N) is 2. The Hall–Kier alpha value is -1.08. The molecule has 0 spiro atoms. The summed E-state index contributed by atoms with van der Waals surface area (Å²) in [6, 6.07) is 2.33. The van der Waals surface area contributed by atoms with E-state index >= 15 is 0 Å². The summed E-state index contributed by atoms with van der Waals surface area (Å²) in [5.74, 6) is -0.510. The fourth-order valence-corrected chi connectivity index (χ4v) is 2.13. The second-order valence-corrected chi connectivity index (χ2v) is 6.20. The van der Waals surface area contributed by atoms with E-state index in [0.29, 0.717) is 13.2 Å². The van der Waals surface area contributed by atoms with E-state index in [1.807, 2.05) is 53.6 Å². The van der Waals surface area contributed by atoms with Gasteiger partial charge in [0.2, 0.25) is 0 Å². The van der Waals surface area contributed by atoms with Gasteiger partial charge in [-0.25, -0.2) is 0 Å². The molecule has 0 heterocycles. The SMILES string of the molecule is CCC(C)(C(C)C(=O)OCCN(C)C)C(C)(C)C#N. The van der Waals surface area contributed by atoms with E-state index in [0.717, 1.165) is 6.42 Å². The van der Waals surface area contributed by atoms with Crippen molar-refractivity contribution in [1.82, 2.24) is 4.90 Å². The normalized spacial score (nSPS) is 16.6. The lowest BCUT2D eigenvalue weighted by molar-refractivity contribution is -0.155. The Morgan fingerprint density at radius 2 is 1.89 bits per heavy atom. The van der Waals surface area contributed by atoms with Gasteiger partial charge in [0.15, 0.2) is 0 Å². The largest absolute Gasteiger partial charge is 0.464 e. The fourth-order valence-electron chi connectivity index (χ4n) is 2.13. The molecule has 0 saturated heterocycles. The summed E-state index contributed by atoms with van der Waals surface area (Å²) in [7, 11) is 3.87. The minimum Gasteiger partial charge on any atom is -0.464 e. The van der Waals surface area contributed by atoms with Crippen LogP contribution in [0.25, 0.3) is 0 Å². The molecule has 0 amide bonds. The van der Waals surface area contributed by atoms with Crippen LogP contribution < -0.4 is 0 Å². The number of hydrogen-bond donors (Lipinski definition) is 0. The first-order valence-electron chi connectivity index (χ1n) is 6.85. The first-order valence-corrected chi connectivity index (χ1v) is 6.85. The number of likely N-dealkylation sites (N-methyl/N-ethyl adjacent to an activating group) is 1. The second-order valence-electron chi connectivity index (χ2n) is 6.20. The van der Waals surface area contributed by atoms with Gasteiger partial charge in [-0.15, -0.1) is 0 Å². The average molecular weight is 268 g/mol. The summed E-state index contributed by atoms with van der Waals surface area (Å²) >= 11 is 0. The van der Waals surface area contributed by atoms with Crippen LogP contribution in [-0.2, 0) is 9.53 Å². The molecule has 0 rings (SSSR count). The third kappa shape index (κ3) is 4.21. The van der Waals surface area contributed by atoms with Crippen LogP contribution in [0.4, 0.5) is 0 Å². The van der Waals surface area contributed by atoms with Crippen molar-refractivity contribution >= 4 is 5.97 Å². The monoisotopic (exact) mass is 268 g/mol. The lowest BCUT2D eigenvalue weighted by Crippen LogP contribution is -2.43. The minimum absolute atomic E-state index is 0.213. The van der Waals surface area contributed by atoms with Gasteiger partial charge in [0, 0.05) is 6.54 Å². The Bertz CT molecular complexity index is 345. The maximum Gasteiger partial charge on any atom is 0.309 e. The number of carbonyl (C=O) groups is 1. The molecule has 0 aliphatic rings. The predicted molar refractivity (Wildman–Crippen MR) is 76.5 cm³/mol. The summed E-state index contributed by atoms with van der Waals surface area (Å²) in [6.45, 7) is 10.8. The van der Waals surface area contributed by atoms with Crippen molar-refractivity contribution in [2.24, 2.45) is 16.7 Å². The van der Waals surface area contributed by atoms with Crippen molar-refractivity contribution < 1.29 is 9.53 Å². The summed E-state index contributed by atoms with van der Waals surface area (Å²) < 4.78 is 5.31. The summed E-state index contributed by atoms with van der Waals surface area (Å²) in [5.41, 5.74) is -0.960. The molecular weight excluding hydrogens is 240 g/mol. The molecule has 0 fully saturated rings. The molecule has 0 aromatic rings. The van der Waals surface area contributed by atoms with E-state index in [4.69, 9.17) is 4.74 Å². The van der Waals surface area contributed by atoms with Crippen molar-refractivity contribution in [2.45, 2.75) is 41.0 Å². The van der Waals surface area contributed by atoms with Gasteiger partial charge in [-0.1, -0.05) is 20.8 Å². The number of esters is 1. The van der Waals surface area contributed by atoms with E-state index in [1.165, 1.54) is 0 Å². The zero-order valence-electron chi connectivity index (χ0n) is 13.4. The quantitative estimate of drug-likeness (QED) is 0.666. The van der Waals surface area contributed by atoms with Gasteiger partial charge in [-0.3, -0.25) is 4.79 Å². The first kappa shape index (κ1) is 17.9. The topological polar surface area (TPSA) is 53.3 Å². The Morgan fingerprint density at radius 3 is 2.26 bits per heavy atom. The minimum atomic E-state index is -0.568. The predicted octanol–water partition coefficient (Wildman–Crippen LogP) is 2.69. The van der Waals surface area contributed by atoms with Crippen LogP contribution in [0, 0.1) is 28.1 Å². The third-order valence-corrected chi connectivity index (χ3v) is 4.53. The zero-order valence-corrected chi connectivity index (χ0v) is 13.4. The van der Waals surface area contributed by atoms with Gasteiger partial charge in [-0.05, 0) is 39.8 Å². The van der Waals surface area contributed by atoms with Crippen LogP contribution in [0.3, 0.4) is 0 Å². The summed E-state index contributed by atoms with van der Waals surface area (Å²) in [6.07, 6.45) is 0.761. The molecule has 0 aromatic heterocycles. The Labute approximate surface area is 117 Å². The van der Waals surface area contributed by atoms with Gasteiger partial charge in [0.25, 0.3) is 0 Å². The highest BCUT2D eigenvalue weighted by Crippen LogP contribution is 2.47. The molecule has 0 aromatic carbocycles. The van der Waals surface area contributed by atoms with Crippen molar-refractivity contribution in [3.8, 4) is 6.07 Å². The van der Waals surface area contributed by atoms with E-state index in [2.05, 4.69) is 6.07 Å². The van der Waals surface area contributed by atoms with E-state index in [1.54, 1.807) is 0 Å². The number of hydrogen-bond acceptors (Lipinski definition) is 4. The van der Waals surface area contributed by atoms with E-state index < -0.39 is 10.8 Å². The molecule has 2 unspecified atom stereocenters. The smallest absolute Gasteiger partial charge is 0.309 e. The van der Waals surface area contributed by atoms with Gasteiger partial charge in [-0.2, -0.15) is 5.26 Å². The van der Waals surface area contributed by atoms with Gasteiger partial charge in [0.05, 0.1) is 17.4 Å². The van der Waals surface area contributed by atoms with E-state index in [-0.39, 0.29) is 11.9 Å². The first-order chi connectivity index (χ1) is 8.62. The van der Waals surface area contributed by atoms with Gasteiger partial charge < -0.3 is 9.64 Å². The van der Waals surface area contributed by atoms with Crippen LogP contribution in [0.15, 0.2) is 0 Å². The van der Waals surface area contributed by atoms with Crippen LogP contribution in [-0.4, -0.2) is 38.1 Å². The molecule has 2 atom stereocenters. The highest BCUT2D eigenvalue weighted by Gasteiger charge is 2.47. The zero-order chi connectivity index (χ0) is 15.3. The van der Waals surface area contributed by atoms with Crippen LogP contribution in [0.5, 0.6) is 0 Å². The van der Waals surface area contributed by atoms with Gasteiger partial charge in [0.1, 0.15) is 6.61 Å². The molecule has 0 saturated carbocycles. The van der Waals surface area contributed by atoms with Crippen molar-refractivity contribution in [1.29, 1.82) is 5.26 Å². The molecule has 0 bridgehead atoms. The molecule has 4 heteroatoms. The third-order valence-electron chi connectivity index (χ3n) is 4.53. The maximum atomic E-state index is 12.1. The summed E-state index contributed by atoms with van der Waals surface area (Å²) in [4.78, 5) is 14.1. The molecule has 19 heavy (non-hydrogen) atoms. The molecule has 0 radical (unpaired) electrons. The lowest BCUT2D eigenvalue weighted by atomic mass is 9.59. The Kier molecular flexibility index (Phi) is 6.51. The number of rotatable bonds is 7. The average Bonchev–Trinajstić information content (AvgIpc) is 2.35. The summed E-state index contributed by atoms with van der Waals surface area (Å²) in [5, 5.41) is 9.33. The van der Waals surface area contributed by atoms with Crippen molar-refractivity contribution in [3.05, 3.63) is 0 Å². The number of ether oxygens (including phenoxy) is 1. The Morgan fingerprint density at radius 1 is 1.37 bits per heavy atom. The fraction of sp³-hybridized carbons (Fsp3) is 0.867. The standard InChI is InChI=1S/C15H28N2O2/c1-8-15(5,14(3,4)11-16)12(2)13(18)19-10-9-17(6)7/h12H,8-10H2,1-7H3. The van der Waals surface area contributed by atoms with Crippen LogP contribution in [0.2, 0.25) is 0 Å². The number of nitriles is 1. The molecule has 0 aliphatic heterocycles. The molecule has 4 nitrogen and oxygen atoms in total. The van der Waals surface area contributed by atoms with Crippen molar-refractivity contribution in [2.75, 3.05) is 27.2 Å². The van der Waals surface area contributed by atoms with Gasteiger partial charge >= 0.3 is 5.97 Å². The highest BCUT2D eigenvalue weighted by molar-refractivity contribution is 5.73. The van der Waals surface area contributed by atoms with Crippen LogP contribution >= 0.6 is 0 Å². The second kappa shape index (κ2) is 6.91. The molecule has 0 aliphatic carbocycles. The molecule has 0 N–H and O–H groups in total. The molecule has 110 valence electrons. The van der Waals surface area contributed by atoms with E-state index in [9.17, 15) is 10.1 Å². The number of carbonyl (C=O) groups excluding carboxylic acids is 1. The van der Waals surface area contributed by atoms with Crippen molar-refractivity contribution in [3.63, 3.8) is 0 Å². The maximum absolute atomic E-state index is 12.1. The van der Waals surface area contributed by atoms with Crippen LogP contribution in [0.1, 0.15) is 41.0 Å². The highest BCUT2D eigenvalue weighted by atomic mass is 16.5. The molecular formula is C15H28N2O2.